The smallest absolute Gasteiger partial charge is 0.230 e. The molecule has 0 unspecified atom stereocenters. The minimum Gasteiger partial charge on any atom is -0.343 e. The lowest BCUT2D eigenvalue weighted by Gasteiger charge is -2.31. The fourth-order valence-electron chi connectivity index (χ4n) is 5.24. The number of pyridine rings is 1. The van der Waals surface area contributed by atoms with Crippen molar-refractivity contribution >= 4 is 16.8 Å². The van der Waals surface area contributed by atoms with E-state index in [1.807, 2.05) is 41.3 Å². The summed E-state index contributed by atoms with van der Waals surface area (Å²) < 4.78 is 5.61. The van der Waals surface area contributed by atoms with Gasteiger partial charge in [-0.15, -0.1) is 0 Å². The van der Waals surface area contributed by atoms with Crippen molar-refractivity contribution in [1.82, 2.24) is 20.0 Å². The maximum atomic E-state index is 12.9. The first-order valence-electron chi connectivity index (χ1n) is 11.8. The molecule has 0 bridgehead atoms. The summed E-state index contributed by atoms with van der Waals surface area (Å²) in [5, 5.41) is 5.27. The van der Waals surface area contributed by atoms with Crippen LogP contribution in [0.3, 0.4) is 0 Å². The summed E-state index contributed by atoms with van der Waals surface area (Å²) >= 11 is 0. The van der Waals surface area contributed by atoms with Crippen molar-refractivity contribution < 1.29 is 9.32 Å². The molecule has 6 nitrogen and oxygen atoms in total. The highest BCUT2D eigenvalue weighted by atomic mass is 16.5. The summed E-state index contributed by atoms with van der Waals surface area (Å²) in [6.07, 6.45) is 4.38. The van der Waals surface area contributed by atoms with E-state index in [1.165, 1.54) is 11.1 Å². The highest BCUT2D eigenvalue weighted by molar-refractivity contribution is 5.80. The Kier molecular flexibility index (Phi) is 5.13. The lowest BCUT2D eigenvalue weighted by Crippen LogP contribution is -2.38. The number of carbonyl (C=O) groups excluding carboxylic acids is 1. The molecule has 33 heavy (non-hydrogen) atoms. The first-order valence-corrected chi connectivity index (χ1v) is 11.8. The van der Waals surface area contributed by atoms with E-state index in [2.05, 4.69) is 39.4 Å². The van der Waals surface area contributed by atoms with Gasteiger partial charge in [0.15, 0.2) is 0 Å². The van der Waals surface area contributed by atoms with Crippen molar-refractivity contribution in [1.29, 1.82) is 0 Å². The number of likely N-dealkylation sites (tertiary alicyclic amines) is 1. The number of fused-ring (bicyclic) bond motifs is 2. The van der Waals surface area contributed by atoms with Gasteiger partial charge < -0.3 is 9.42 Å². The van der Waals surface area contributed by atoms with Gasteiger partial charge >= 0.3 is 0 Å². The predicted octanol–water partition coefficient (Wildman–Crippen LogP) is 4.80. The number of hydrogen-bond donors (Lipinski definition) is 0. The Balaban J connectivity index is 1.06. The second-order valence-electron chi connectivity index (χ2n) is 9.25. The summed E-state index contributed by atoms with van der Waals surface area (Å²) in [5.74, 6) is 2.07. The van der Waals surface area contributed by atoms with E-state index in [-0.39, 0.29) is 11.8 Å². The van der Waals surface area contributed by atoms with Crippen LogP contribution in [0.2, 0.25) is 0 Å². The van der Waals surface area contributed by atoms with Gasteiger partial charge in [-0.1, -0.05) is 53.7 Å². The molecule has 0 N–H and O–H groups in total. The third kappa shape index (κ3) is 4.01. The normalized spacial score (nSPS) is 16.9. The van der Waals surface area contributed by atoms with Crippen molar-refractivity contribution in [3.63, 3.8) is 0 Å². The second kappa shape index (κ2) is 8.43. The van der Waals surface area contributed by atoms with Gasteiger partial charge in [-0.05, 0) is 54.9 Å². The molecule has 1 aliphatic carbocycles. The highest BCUT2D eigenvalue weighted by Crippen LogP contribution is 2.32. The standard InChI is InChI=1S/C27H26N4O2/c32-25(17-18-15-21-6-1-2-7-22(21)16-18)31-13-11-20(12-14-31)27-29-26(30-33-27)24-10-9-19-5-3-4-8-23(19)28-24/h1-10,18,20H,11-17H2. The molecule has 2 aromatic carbocycles. The molecule has 0 radical (unpaired) electrons. The molecule has 2 aliphatic rings. The molecule has 1 amide bonds. The van der Waals surface area contributed by atoms with Crippen molar-refractivity contribution in [2.24, 2.45) is 5.92 Å². The molecule has 2 aromatic heterocycles. The molecule has 3 heterocycles. The number of piperidine rings is 1. The molecule has 6 heteroatoms. The third-order valence-corrected chi connectivity index (χ3v) is 7.07. The number of carbonyl (C=O) groups is 1. The van der Waals surface area contributed by atoms with E-state index in [0.29, 0.717) is 29.7 Å². The van der Waals surface area contributed by atoms with E-state index >= 15 is 0 Å². The van der Waals surface area contributed by atoms with Crippen LogP contribution in [0.25, 0.3) is 22.4 Å². The van der Waals surface area contributed by atoms with Crippen molar-refractivity contribution in [2.45, 2.75) is 38.0 Å². The summed E-state index contributed by atoms with van der Waals surface area (Å²) in [6.45, 7) is 1.49. The van der Waals surface area contributed by atoms with Crippen LogP contribution in [-0.2, 0) is 17.6 Å². The highest BCUT2D eigenvalue weighted by Gasteiger charge is 2.30. The van der Waals surface area contributed by atoms with Crippen LogP contribution < -0.4 is 0 Å². The maximum Gasteiger partial charge on any atom is 0.230 e. The minimum atomic E-state index is 0.187. The van der Waals surface area contributed by atoms with Gasteiger partial charge in [0.1, 0.15) is 5.69 Å². The van der Waals surface area contributed by atoms with E-state index < -0.39 is 0 Å². The van der Waals surface area contributed by atoms with Crippen molar-refractivity contribution in [3.8, 4) is 11.5 Å². The summed E-state index contributed by atoms with van der Waals surface area (Å²) in [7, 11) is 0. The van der Waals surface area contributed by atoms with Gasteiger partial charge in [-0.25, -0.2) is 4.98 Å². The molecule has 1 aliphatic heterocycles. The molecule has 1 saturated heterocycles. The van der Waals surface area contributed by atoms with Gasteiger partial charge in [-0.3, -0.25) is 4.79 Å². The van der Waals surface area contributed by atoms with E-state index in [1.54, 1.807) is 0 Å². The monoisotopic (exact) mass is 438 g/mol. The Morgan fingerprint density at radius 2 is 1.64 bits per heavy atom. The number of amides is 1. The zero-order valence-electron chi connectivity index (χ0n) is 18.5. The average Bonchev–Trinajstić information content (AvgIpc) is 3.51. The van der Waals surface area contributed by atoms with E-state index in [4.69, 9.17) is 4.52 Å². The SMILES string of the molecule is O=C(CC1Cc2ccccc2C1)N1CCC(c2nc(-c3ccc4ccccc4n3)no2)CC1. The first kappa shape index (κ1) is 20.1. The molecular formula is C27H26N4O2. The van der Waals surface area contributed by atoms with Crippen LogP contribution in [0.1, 0.15) is 42.2 Å². The number of benzene rings is 2. The van der Waals surface area contributed by atoms with Crippen molar-refractivity contribution in [2.75, 3.05) is 13.1 Å². The topological polar surface area (TPSA) is 72.1 Å². The fourth-order valence-corrected chi connectivity index (χ4v) is 5.24. The van der Waals surface area contributed by atoms with Crippen LogP contribution >= 0.6 is 0 Å². The Labute approximate surface area is 192 Å². The summed E-state index contributed by atoms with van der Waals surface area (Å²) in [6, 6.07) is 20.5. The number of nitrogens with zero attached hydrogens (tertiary/aromatic N) is 4. The second-order valence-corrected chi connectivity index (χ2v) is 9.25. The van der Waals surface area contributed by atoms with Gasteiger partial charge in [0.2, 0.25) is 17.6 Å². The summed E-state index contributed by atoms with van der Waals surface area (Å²) in [4.78, 5) is 24.2. The molecule has 166 valence electrons. The number of hydrogen-bond acceptors (Lipinski definition) is 5. The molecule has 0 spiro atoms. The van der Waals surface area contributed by atoms with Gasteiger partial charge in [0, 0.05) is 30.8 Å². The molecular weight excluding hydrogens is 412 g/mol. The van der Waals surface area contributed by atoms with E-state index in [9.17, 15) is 4.79 Å². The van der Waals surface area contributed by atoms with Gasteiger partial charge in [-0.2, -0.15) is 4.98 Å². The zero-order valence-corrected chi connectivity index (χ0v) is 18.5. The molecule has 4 aromatic rings. The Hall–Kier alpha value is -3.54. The lowest BCUT2D eigenvalue weighted by atomic mass is 9.95. The van der Waals surface area contributed by atoms with Gasteiger partial charge in [0.05, 0.1) is 5.52 Å². The van der Waals surface area contributed by atoms with Crippen molar-refractivity contribution in [3.05, 3.63) is 77.7 Å². The predicted molar refractivity (Wildman–Crippen MR) is 126 cm³/mol. The van der Waals surface area contributed by atoms with E-state index in [0.717, 1.165) is 49.7 Å². The quantitative estimate of drug-likeness (QED) is 0.458. The Morgan fingerprint density at radius 1 is 0.909 bits per heavy atom. The maximum absolute atomic E-state index is 12.9. The van der Waals surface area contributed by atoms with Crippen LogP contribution in [-0.4, -0.2) is 39.0 Å². The molecule has 0 saturated carbocycles. The molecule has 6 rings (SSSR count). The number of rotatable bonds is 4. The molecule has 0 atom stereocenters. The fraction of sp³-hybridized carbons (Fsp3) is 0.333. The molecule has 1 fully saturated rings. The zero-order chi connectivity index (χ0) is 22.2. The minimum absolute atomic E-state index is 0.187. The van der Waals surface area contributed by atoms with Crippen LogP contribution in [0, 0.1) is 5.92 Å². The Morgan fingerprint density at radius 3 is 2.42 bits per heavy atom. The average molecular weight is 439 g/mol. The number of aromatic nitrogens is 3. The Bertz CT molecular complexity index is 1280. The largest absolute Gasteiger partial charge is 0.343 e. The van der Waals surface area contributed by atoms with Crippen LogP contribution in [0.15, 0.2) is 65.2 Å². The van der Waals surface area contributed by atoms with Crippen LogP contribution in [0.5, 0.6) is 0 Å². The lowest BCUT2D eigenvalue weighted by molar-refractivity contribution is -0.133. The van der Waals surface area contributed by atoms with Crippen LogP contribution in [0.4, 0.5) is 0 Å². The third-order valence-electron chi connectivity index (χ3n) is 7.07. The number of para-hydroxylation sites is 1. The van der Waals surface area contributed by atoms with Gasteiger partial charge in [0.25, 0.3) is 0 Å². The first-order chi connectivity index (χ1) is 16.2. The summed E-state index contributed by atoms with van der Waals surface area (Å²) in [5.41, 5.74) is 4.44.